The number of ether oxygens (including phenoxy) is 1. The molecule has 0 aliphatic rings. The van der Waals surface area contributed by atoms with Crippen molar-refractivity contribution in [3.63, 3.8) is 0 Å². The first-order chi connectivity index (χ1) is 9.79. The van der Waals surface area contributed by atoms with Gasteiger partial charge in [0.15, 0.2) is 5.76 Å². The quantitative estimate of drug-likeness (QED) is 0.617. The molecule has 7 heteroatoms. The first-order valence-corrected chi connectivity index (χ1v) is 7.04. The van der Waals surface area contributed by atoms with Crippen LogP contribution in [0.2, 0.25) is 0 Å². The molecule has 2 rings (SSSR count). The van der Waals surface area contributed by atoms with Gasteiger partial charge in [0.1, 0.15) is 10.7 Å². The Balaban J connectivity index is 1.81. The largest absolute Gasteiger partial charge is 0.463 e. The summed E-state index contributed by atoms with van der Waals surface area (Å²) in [6.45, 7) is 1.02. The van der Waals surface area contributed by atoms with E-state index >= 15 is 0 Å². The Morgan fingerprint density at radius 3 is 2.95 bits per heavy atom. The lowest BCUT2D eigenvalue weighted by Gasteiger charge is -2.03. The molecule has 6 nitrogen and oxygen atoms in total. The van der Waals surface area contributed by atoms with Gasteiger partial charge in [-0.25, -0.2) is 0 Å². The molecule has 0 aliphatic carbocycles. The lowest BCUT2D eigenvalue weighted by Crippen LogP contribution is -2.28. The third-order valence-electron chi connectivity index (χ3n) is 2.39. The maximum atomic E-state index is 11.5. The van der Waals surface area contributed by atoms with Gasteiger partial charge in [-0.2, -0.15) is 0 Å². The average molecular weight is 293 g/mol. The Bertz CT molecular complexity index is 528. The van der Waals surface area contributed by atoms with Crippen LogP contribution >= 0.6 is 11.8 Å². The Kier molecular flexibility index (Phi) is 5.57. The monoisotopic (exact) mass is 293 g/mol. The van der Waals surface area contributed by atoms with Gasteiger partial charge >= 0.3 is 0 Å². The fourth-order valence-corrected chi connectivity index (χ4v) is 2.08. The number of methoxy groups -OCH3 is 1. The Hall–Kier alpha value is -1.86. The molecule has 0 fully saturated rings. The standard InChI is InChI=1S/C13H15N3O3S/c1-18-8-6-14-12(17)9-20-13-5-4-10(15-16-13)11-3-2-7-19-11/h2-5,7H,6,8-9H2,1H3,(H,14,17). The van der Waals surface area contributed by atoms with Gasteiger partial charge in [-0.1, -0.05) is 11.8 Å². The van der Waals surface area contributed by atoms with Gasteiger partial charge in [0.25, 0.3) is 0 Å². The number of nitrogens with one attached hydrogen (secondary N) is 1. The van der Waals surface area contributed by atoms with Crippen molar-refractivity contribution < 1.29 is 13.9 Å². The fourth-order valence-electron chi connectivity index (χ4n) is 1.44. The predicted octanol–water partition coefficient (Wildman–Crippen LogP) is 1.59. The molecule has 0 saturated heterocycles. The van der Waals surface area contributed by atoms with Crippen molar-refractivity contribution in [3.8, 4) is 11.5 Å². The minimum Gasteiger partial charge on any atom is -0.463 e. The summed E-state index contributed by atoms with van der Waals surface area (Å²) in [5.41, 5.74) is 0.670. The van der Waals surface area contributed by atoms with Crippen LogP contribution in [0.1, 0.15) is 0 Å². The van der Waals surface area contributed by atoms with Gasteiger partial charge in [0, 0.05) is 13.7 Å². The summed E-state index contributed by atoms with van der Waals surface area (Å²) in [5, 5.41) is 11.5. The molecule has 0 bridgehead atoms. The first kappa shape index (κ1) is 14.5. The number of carbonyl (C=O) groups is 1. The molecule has 2 aromatic rings. The molecule has 106 valence electrons. The van der Waals surface area contributed by atoms with E-state index in [9.17, 15) is 4.79 Å². The summed E-state index contributed by atoms with van der Waals surface area (Å²) >= 11 is 1.34. The maximum Gasteiger partial charge on any atom is 0.230 e. The molecule has 0 unspecified atom stereocenters. The predicted molar refractivity (Wildman–Crippen MR) is 75.3 cm³/mol. The number of aromatic nitrogens is 2. The molecule has 1 amide bonds. The maximum absolute atomic E-state index is 11.5. The fraction of sp³-hybridized carbons (Fsp3) is 0.308. The number of nitrogens with zero attached hydrogens (tertiary/aromatic N) is 2. The molecule has 2 heterocycles. The van der Waals surface area contributed by atoms with Crippen LogP contribution in [-0.4, -0.2) is 42.1 Å². The molecule has 0 radical (unpaired) electrons. The second kappa shape index (κ2) is 7.66. The summed E-state index contributed by atoms with van der Waals surface area (Å²) in [4.78, 5) is 11.5. The Morgan fingerprint density at radius 2 is 2.30 bits per heavy atom. The molecule has 0 spiro atoms. The van der Waals surface area contributed by atoms with E-state index in [1.807, 2.05) is 18.2 Å². The zero-order chi connectivity index (χ0) is 14.2. The van der Waals surface area contributed by atoms with E-state index in [-0.39, 0.29) is 5.91 Å². The molecule has 20 heavy (non-hydrogen) atoms. The van der Waals surface area contributed by atoms with Crippen molar-refractivity contribution in [1.82, 2.24) is 15.5 Å². The van der Waals surface area contributed by atoms with Crippen molar-refractivity contribution in [1.29, 1.82) is 0 Å². The zero-order valence-corrected chi connectivity index (χ0v) is 11.9. The number of hydrogen-bond donors (Lipinski definition) is 1. The van der Waals surface area contributed by atoms with Gasteiger partial charge < -0.3 is 14.5 Å². The lowest BCUT2D eigenvalue weighted by atomic mass is 10.3. The average Bonchev–Trinajstić information content (AvgIpc) is 3.00. The Morgan fingerprint density at radius 1 is 1.40 bits per heavy atom. The van der Waals surface area contributed by atoms with Crippen molar-refractivity contribution in [2.45, 2.75) is 5.03 Å². The van der Waals surface area contributed by atoms with Gasteiger partial charge in [-0.15, -0.1) is 10.2 Å². The van der Waals surface area contributed by atoms with Crippen molar-refractivity contribution in [2.24, 2.45) is 0 Å². The van der Waals surface area contributed by atoms with E-state index < -0.39 is 0 Å². The second-order valence-corrected chi connectivity index (χ2v) is 4.86. The molecule has 0 aromatic carbocycles. The van der Waals surface area contributed by atoms with Crippen LogP contribution in [0.15, 0.2) is 40.0 Å². The highest BCUT2D eigenvalue weighted by molar-refractivity contribution is 7.99. The van der Waals surface area contributed by atoms with Gasteiger partial charge in [-0.05, 0) is 24.3 Å². The van der Waals surface area contributed by atoms with E-state index in [1.54, 1.807) is 19.4 Å². The molecule has 0 saturated carbocycles. The summed E-state index contributed by atoms with van der Waals surface area (Å²) < 4.78 is 10.1. The molecular formula is C13H15N3O3S. The van der Waals surface area contributed by atoms with Crippen LogP contribution in [0.25, 0.3) is 11.5 Å². The smallest absolute Gasteiger partial charge is 0.230 e. The van der Waals surface area contributed by atoms with E-state index in [2.05, 4.69) is 15.5 Å². The van der Waals surface area contributed by atoms with Crippen LogP contribution in [0.3, 0.4) is 0 Å². The molecule has 2 aromatic heterocycles. The number of thioether (sulfide) groups is 1. The van der Waals surface area contributed by atoms with E-state index in [0.29, 0.717) is 35.4 Å². The minimum absolute atomic E-state index is 0.0519. The van der Waals surface area contributed by atoms with Crippen molar-refractivity contribution in [3.05, 3.63) is 30.5 Å². The highest BCUT2D eigenvalue weighted by Crippen LogP contribution is 2.19. The highest BCUT2D eigenvalue weighted by Gasteiger charge is 2.06. The van der Waals surface area contributed by atoms with Crippen LogP contribution in [0.5, 0.6) is 0 Å². The number of furan rings is 1. The number of rotatable bonds is 7. The van der Waals surface area contributed by atoms with Crippen molar-refractivity contribution >= 4 is 17.7 Å². The lowest BCUT2D eigenvalue weighted by molar-refractivity contribution is -0.118. The van der Waals surface area contributed by atoms with Gasteiger partial charge in [-0.3, -0.25) is 4.79 Å². The van der Waals surface area contributed by atoms with Crippen LogP contribution in [0.4, 0.5) is 0 Å². The van der Waals surface area contributed by atoms with Gasteiger partial charge in [0.2, 0.25) is 5.91 Å². The third-order valence-corrected chi connectivity index (χ3v) is 3.31. The van der Waals surface area contributed by atoms with Crippen LogP contribution in [-0.2, 0) is 9.53 Å². The normalized spacial score (nSPS) is 10.4. The molecule has 1 N–H and O–H groups in total. The molecular weight excluding hydrogens is 278 g/mol. The number of carbonyl (C=O) groups excluding carboxylic acids is 1. The van der Waals surface area contributed by atoms with E-state index in [0.717, 1.165) is 0 Å². The third kappa shape index (κ3) is 4.36. The SMILES string of the molecule is COCCNC(=O)CSc1ccc(-c2ccco2)nn1. The summed E-state index contributed by atoms with van der Waals surface area (Å²) in [6, 6.07) is 7.25. The summed E-state index contributed by atoms with van der Waals surface area (Å²) in [5.74, 6) is 0.925. The summed E-state index contributed by atoms with van der Waals surface area (Å²) in [7, 11) is 1.59. The summed E-state index contributed by atoms with van der Waals surface area (Å²) in [6.07, 6.45) is 1.59. The molecule has 0 atom stereocenters. The van der Waals surface area contributed by atoms with Crippen LogP contribution in [0, 0.1) is 0 Å². The van der Waals surface area contributed by atoms with E-state index in [4.69, 9.17) is 9.15 Å². The second-order valence-electron chi connectivity index (χ2n) is 3.87. The zero-order valence-electron chi connectivity index (χ0n) is 11.0. The highest BCUT2D eigenvalue weighted by atomic mass is 32.2. The Labute approximate surface area is 120 Å². The van der Waals surface area contributed by atoms with Gasteiger partial charge in [0.05, 0.1) is 18.6 Å². The van der Waals surface area contributed by atoms with Crippen molar-refractivity contribution in [2.75, 3.05) is 26.0 Å². The minimum atomic E-state index is -0.0519. The molecule has 0 aliphatic heterocycles. The topological polar surface area (TPSA) is 77.2 Å². The van der Waals surface area contributed by atoms with Crippen LogP contribution < -0.4 is 5.32 Å². The van der Waals surface area contributed by atoms with E-state index in [1.165, 1.54) is 11.8 Å². The first-order valence-electron chi connectivity index (χ1n) is 6.05. The number of amides is 1. The number of hydrogen-bond acceptors (Lipinski definition) is 6.